The first kappa shape index (κ1) is 13.9. The summed E-state index contributed by atoms with van der Waals surface area (Å²) in [6.07, 6.45) is 0. The lowest BCUT2D eigenvalue weighted by atomic mass is 10.1. The van der Waals surface area contributed by atoms with Crippen molar-refractivity contribution >= 4 is 44.6 Å². The second kappa shape index (κ2) is 6.06. The zero-order chi connectivity index (χ0) is 13.1. The van der Waals surface area contributed by atoms with Crippen LogP contribution in [0.25, 0.3) is 0 Å². The Kier molecular flexibility index (Phi) is 4.67. The number of hydrogen-bond donors (Lipinski definition) is 1. The Balaban J connectivity index is 2.25. The van der Waals surface area contributed by atoms with Crippen molar-refractivity contribution in [2.75, 3.05) is 11.9 Å². The fraction of sp³-hybridized carbons (Fsp3) is 0.231. The Bertz CT molecular complexity index is 544. The highest BCUT2D eigenvalue weighted by Gasteiger charge is 2.12. The summed E-state index contributed by atoms with van der Waals surface area (Å²) >= 11 is 11.3. The van der Waals surface area contributed by atoms with Gasteiger partial charge in [-0.15, -0.1) is 11.3 Å². The molecular formula is C13H13BrClNOS. The molecule has 0 bridgehead atoms. The quantitative estimate of drug-likeness (QED) is 0.892. The van der Waals surface area contributed by atoms with Gasteiger partial charge in [-0.25, -0.2) is 0 Å². The standard InChI is InChI=1S/C13H13BrClNOS/c1-16(6-9-5-12(14)18-8-9)13-10(7-17)3-2-4-11(13)15/h2-5,8,17H,6-7H2,1H3. The second-order valence-corrected chi connectivity index (χ2v) is 6.72. The van der Waals surface area contributed by atoms with E-state index < -0.39 is 0 Å². The number of halogens is 2. The molecule has 96 valence electrons. The number of benzene rings is 1. The molecule has 0 aliphatic rings. The minimum absolute atomic E-state index is 0.00638. The van der Waals surface area contributed by atoms with Crippen molar-refractivity contribution in [3.05, 3.63) is 49.6 Å². The summed E-state index contributed by atoms with van der Waals surface area (Å²) in [7, 11) is 1.98. The Morgan fingerprint density at radius 2 is 2.22 bits per heavy atom. The summed E-state index contributed by atoms with van der Waals surface area (Å²) in [6, 6.07) is 7.68. The Hall–Kier alpha value is -0.550. The highest BCUT2D eigenvalue weighted by atomic mass is 79.9. The number of thiophene rings is 1. The first-order chi connectivity index (χ1) is 8.61. The highest BCUT2D eigenvalue weighted by Crippen LogP contribution is 2.31. The van der Waals surface area contributed by atoms with Crippen molar-refractivity contribution in [1.82, 2.24) is 0 Å². The van der Waals surface area contributed by atoms with E-state index in [1.165, 1.54) is 5.56 Å². The predicted octanol–water partition coefficient (Wildman–Crippen LogP) is 4.29. The van der Waals surface area contributed by atoms with Gasteiger partial charge in [0.25, 0.3) is 0 Å². The van der Waals surface area contributed by atoms with Crippen molar-refractivity contribution in [1.29, 1.82) is 0 Å². The molecule has 0 spiro atoms. The van der Waals surface area contributed by atoms with Crippen LogP contribution in [0, 0.1) is 0 Å². The van der Waals surface area contributed by atoms with Crippen molar-refractivity contribution in [2.45, 2.75) is 13.2 Å². The van der Waals surface area contributed by atoms with Gasteiger partial charge in [0, 0.05) is 19.2 Å². The molecule has 0 aliphatic carbocycles. The zero-order valence-electron chi connectivity index (χ0n) is 9.86. The number of anilines is 1. The third kappa shape index (κ3) is 3.06. The van der Waals surface area contributed by atoms with Crippen LogP contribution in [-0.2, 0) is 13.2 Å². The molecule has 0 saturated heterocycles. The van der Waals surface area contributed by atoms with Crippen LogP contribution in [0.15, 0.2) is 33.4 Å². The summed E-state index contributed by atoms with van der Waals surface area (Å²) in [5.74, 6) is 0. The van der Waals surface area contributed by atoms with Gasteiger partial charge in [-0.1, -0.05) is 23.7 Å². The summed E-state index contributed by atoms with van der Waals surface area (Å²) in [5.41, 5.74) is 2.96. The zero-order valence-corrected chi connectivity index (χ0v) is 13.0. The molecule has 2 rings (SSSR count). The van der Waals surface area contributed by atoms with Gasteiger partial charge < -0.3 is 10.0 Å². The van der Waals surface area contributed by atoms with E-state index in [-0.39, 0.29) is 6.61 Å². The molecule has 2 aromatic rings. The molecule has 0 aliphatic heterocycles. The molecule has 5 heteroatoms. The van der Waals surface area contributed by atoms with Gasteiger partial charge in [0.1, 0.15) is 0 Å². The van der Waals surface area contributed by atoms with E-state index in [1.807, 2.05) is 25.2 Å². The van der Waals surface area contributed by atoms with E-state index in [2.05, 4.69) is 32.3 Å². The van der Waals surface area contributed by atoms with Crippen LogP contribution < -0.4 is 4.90 Å². The van der Waals surface area contributed by atoms with E-state index in [0.29, 0.717) is 5.02 Å². The van der Waals surface area contributed by atoms with Gasteiger partial charge in [-0.05, 0) is 39.0 Å². The topological polar surface area (TPSA) is 23.5 Å². The van der Waals surface area contributed by atoms with Gasteiger partial charge in [0.2, 0.25) is 0 Å². The molecule has 1 aromatic heterocycles. The lowest BCUT2D eigenvalue weighted by molar-refractivity contribution is 0.282. The van der Waals surface area contributed by atoms with E-state index in [4.69, 9.17) is 11.6 Å². The van der Waals surface area contributed by atoms with Crippen LogP contribution >= 0.6 is 38.9 Å². The van der Waals surface area contributed by atoms with Gasteiger partial charge in [-0.2, -0.15) is 0 Å². The lowest BCUT2D eigenvalue weighted by Gasteiger charge is -2.22. The summed E-state index contributed by atoms with van der Waals surface area (Å²) < 4.78 is 1.12. The monoisotopic (exact) mass is 345 g/mol. The predicted molar refractivity (Wildman–Crippen MR) is 81.5 cm³/mol. The van der Waals surface area contributed by atoms with Crippen molar-refractivity contribution in [2.24, 2.45) is 0 Å². The molecule has 0 amide bonds. The SMILES string of the molecule is CN(Cc1csc(Br)c1)c1c(Cl)cccc1CO. The molecule has 0 saturated carbocycles. The number of para-hydroxylation sites is 1. The number of aliphatic hydroxyl groups excluding tert-OH is 1. The van der Waals surface area contributed by atoms with Crippen LogP contribution in [0.5, 0.6) is 0 Å². The van der Waals surface area contributed by atoms with E-state index >= 15 is 0 Å². The maximum absolute atomic E-state index is 9.37. The van der Waals surface area contributed by atoms with Gasteiger partial charge >= 0.3 is 0 Å². The van der Waals surface area contributed by atoms with Gasteiger partial charge in [-0.3, -0.25) is 0 Å². The molecule has 1 aromatic carbocycles. The fourth-order valence-electron chi connectivity index (χ4n) is 1.90. The molecule has 18 heavy (non-hydrogen) atoms. The summed E-state index contributed by atoms with van der Waals surface area (Å²) in [4.78, 5) is 2.06. The van der Waals surface area contributed by atoms with Crippen LogP contribution in [0.2, 0.25) is 5.02 Å². The van der Waals surface area contributed by atoms with Gasteiger partial charge in [0.15, 0.2) is 0 Å². The Morgan fingerprint density at radius 3 is 2.83 bits per heavy atom. The Labute approximate surface area is 124 Å². The minimum atomic E-state index is -0.00638. The van der Waals surface area contributed by atoms with E-state index in [0.717, 1.165) is 21.6 Å². The first-order valence-corrected chi connectivity index (χ1v) is 7.49. The molecule has 0 radical (unpaired) electrons. The second-order valence-electron chi connectivity index (χ2n) is 4.02. The van der Waals surface area contributed by atoms with Crippen LogP contribution in [0.3, 0.4) is 0 Å². The molecule has 1 N–H and O–H groups in total. The van der Waals surface area contributed by atoms with E-state index in [1.54, 1.807) is 11.3 Å². The van der Waals surface area contributed by atoms with Crippen molar-refractivity contribution < 1.29 is 5.11 Å². The maximum atomic E-state index is 9.37. The fourth-order valence-corrected chi connectivity index (χ4v) is 3.44. The third-order valence-corrected chi connectivity index (χ3v) is 4.52. The molecular weight excluding hydrogens is 334 g/mol. The van der Waals surface area contributed by atoms with Gasteiger partial charge in [0.05, 0.1) is 21.1 Å². The largest absolute Gasteiger partial charge is 0.392 e. The van der Waals surface area contributed by atoms with Crippen LogP contribution in [0.4, 0.5) is 5.69 Å². The molecule has 0 unspecified atom stereocenters. The number of rotatable bonds is 4. The smallest absolute Gasteiger partial charge is 0.0702 e. The Morgan fingerprint density at radius 1 is 1.44 bits per heavy atom. The number of nitrogens with zero attached hydrogens (tertiary/aromatic N) is 1. The number of hydrogen-bond acceptors (Lipinski definition) is 3. The lowest BCUT2D eigenvalue weighted by Crippen LogP contribution is -2.18. The average Bonchev–Trinajstić information content (AvgIpc) is 2.74. The minimum Gasteiger partial charge on any atom is -0.392 e. The summed E-state index contributed by atoms with van der Waals surface area (Å²) in [5, 5.41) is 12.1. The van der Waals surface area contributed by atoms with E-state index in [9.17, 15) is 5.11 Å². The van der Waals surface area contributed by atoms with Crippen molar-refractivity contribution in [3.63, 3.8) is 0 Å². The van der Waals surface area contributed by atoms with Crippen LogP contribution in [-0.4, -0.2) is 12.2 Å². The molecule has 0 fully saturated rings. The van der Waals surface area contributed by atoms with Crippen LogP contribution in [0.1, 0.15) is 11.1 Å². The molecule has 1 heterocycles. The van der Waals surface area contributed by atoms with Crippen molar-refractivity contribution in [3.8, 4) is 0 Å². The third-order valence-electron chi connectivity index (χ3n) is 2.66. The number of aliphatic hydroxyl groups is 1. The average molecular weight is 347 g/mol. The summed E-state index contributed by atoms with van der Waals surface area (Å²) in [6.45, 7) is 0.756. The normalized spacial score (nSPS) is 10.7. The highest BCUT2D eigenvalue weighted by molar-refractivity contribution is 9.11. The molecule has 0 atom stereocenters. The first-order valence-electron chi connectivity index (χ1n) is 5.44. The maximum Gasteiger partial charge on any atom is 0.0702 e. The molecule has 2 nitrogen and oxygen atoms in total.